The fourth-order valence-electron chi connectivity index (χ4n) is 2.90. The number of benzene rings is 1. The minimum Gasteiger partial charge on any atom is -0.486 e. The van der Waals surface area contributed by atoms with Crippen molar-refractivity contribution in [1.29, 1.82) is 0 Å². The first-order valence-corrected chi connectivity index (χ1v) is 8.11. The molecule has 1 saturated heterocycles. The van der Waals surface area contributed by atoms with E-state index in [2.05, 4.69) is 39.1 Å². The van der Waals surface area contributed by atoms with Crippen molar-refractivity contribution in [1.82, 2.24) is 10.2 Å². The van der Waals surface area contributed by atoms with Crippen molar-refractivity contribution in [2.75, 3.05) is 39.4 Å². The summed E-state index contributed by atoms with van der Waals surface area (Å²) in [5, 5.41) is 3.40. The van der Waals surface area contributed by atoms with E-state index in [-0.39, 0.29) is 0 Å². The first kappa shape index (κ1) is 14.2. The molecule has 1 fully saturated rings. The minimum absolute atomic E-state index is 0.639. The molecular formula is C15H21BrN2O2. The van der Waals surface area contributed by atoms with Crippen LogP contribution in [-0.2, 0) is 13.0 Å². The third-order valence-electron chi connectivity index (χ3n) is 3.94. The highest BCUT2D eigenvalue weighted by Crippen LogP contribution is 2.40. The van der Waals surface area contributed by atoms with E-state index in [4.69, 9.17) is 9.47 Å². The Balaban J connectivity index is 1.92. The maximum Gasteiger partial charge on any atom is 0.164 e. The molecule has 2 heterocycles. The number of fused-ring (bicyclic) bond motifs is 1. The summed E-state index contributed by atoms with van der Waals surface area (Å²) >= 11 is 3.72. The molecule has 0 saturated carbocycles. The second-order valence-electron chi connectivity index (χ2n) is 5.22. The molecule has 0 amide bonds. The van der Waals surface area contributed by atoms with Crippen LogP contribution in [0.25, 0.3) is 0 Å². The molecule has 0 spiro atoms. The van der Waals surface area contributed by atoms with Crippen LogP contribution in [0.4, 0.5) is 0 Å². The van der Waals surface area contributed by atoms with Gasteiger partial charge in [-0.1, -0.05) is 22.9 Å². The van der Waals surface area contributed by atoms with Crippen LogP contribution < -0.4 is 14.8 Å². The van der Waals surface area contributed by atoms with Gasteiger partial charge in [-0.15, -0.1) is 0 Å². The highest BCUT2D eigenvalue weighted by Gasteiger charge is 2.22. The van der Waals surface area contributed by atoms with Crippen LogP contribution in [0.2, 0.25) is 0 Å². The van der Waals surface area contributed by atoms with Crippen molar-refractivity contribution in [2.45, 2.75) is 19.9 Å². The standard InChI is InChI=1S/C15H21BrN2O2/c1-2-11-12(10-18-5-3-17-4-6-18)13(16)9-14-15(11)20-8-7-19-14/h9,17H,2-8,10H2,1H3. The Morgan fingerprint density at radius 3 is 2.70 bits per heavy atom. The van der Waals surface area contributed by atoms with Crippen molar-refractivity contribution in [3.63, 3.8) is 0 Å². The molecule has 2 aliphatic rings. The Labute approximate surface area is 128 Å². The van der Waals surface area contributed by atoms with E-state index in [1.807, 2.05) is 0 Å². The summed E-state index contributed by atoms with van der Waals surface area (Å²) in [5.41, 5.74) is 2.63. The molecule has 1 N–H and O–H groups in total. The van der Waals surface area contributed by atoms with Crippen molar-refractivity contribution >= 4 is 15.9 Å². The van der Waals surface area contributed by atoms with Crippen LogP contribution >= 0.6 is 15.9 Å². The number of rotatable bonds is 3. The van der Waals surface area contributed by atoms with E-state index in [1.54, 1.807) is 0 Å². The molecule has 20 heavy (non-hydrogen) atoms. The smallest absolute Gasteiger partial charge is 0.164 e. The Morgan fingerprint density at radius 2 is 1.95 bits per heavy atom. The number of hydrogen-bond donors (Lipinski definition) is 1. The largest absolute Gasteiger partial charge is 0.486 e. The molecule has 0 radical (unpaired) electrons. The lowest BCUT2D eigenvalue weighted by Crippen LogP contribution is -2.43. The molecule has 3 rings (SSSR count). The normalized spacial score (nSPS) is 19.1. The SMILES string of the molecule is CCc1c(CN2CCNCC2)c(Br)cc2c1OCCO2. The molecule has 110 valence electrons. The average molecular weight is 341 g/mol. The fraction of sp³-hybridized carbons (Fsp3) is 0.600. The predicted molar refractivity (Wildman–Crippen MR) is 82.7 cm³/mol. The molecule has 0 aromatic heterocycles. The molecule has 2 aliphatic heterocycles. The van der Waals surface area contributed by atoms with Gasteiger partial charge in [0, 0.05) is 42.8 Å². The molecule has 0 bridgehead atoms. The van der Waals surface area contributed by atoms with E-state index in [1.165, 1.54) is 11.1 Å². The van der Waals surface area contributed by atoms with Gasteiger partial charge in [0.1, 0.15) is 13.2 Å². The summed E-state index contributed by atoms with van der Waals surface area (Å²) in [7, 11) is 0. The van der Waals surface area contributed by atoms with Crippen molar-refractivity contribution in [2.24, 2.45) is 0 Å². The first-order valence-electron chi connectivity index (χ1n) is 7.32. The molecule has 5 heteroatoms. The Hall–Kier alpha value is -0.780. The van der Waals surface area contributed by atoms with E-state index < -0.39 is 0 Å². The van der Waals surface area contributed by atoms with Crippen LogP contribution in [0.1, 0.15) is 18.1 Å². The lowest BCUT2D eigenvalue weighted by molar-refractivity contribution is 0.169. The summed E-state index contributed by atoms with van der Waals surface area (Å²) in [6.07, 6.45) is 0.965. The van der Waals surface area contributed by atoms with Gasteiger partial charge in [-0.25, -0.2) is 0 Å². The zero-order valence-corrected chi connectivity index (χ0v) is 13.5. The quantitative estimate of drug-likeness (QED) is 0.914. The summed E-state index contributed by atoms with van der Waals surface area (Å²) in [5.74, 6) is 1.83. The minimum atomic E-state index is 0.639. The van der Waals surface area contributed by atoms with Gasteiger partial charge in [-0.2, -0.15) is 0 Å². The summed E-state index contributed by atoms with van der Waals surface area (Å²) in [6.45, 7) is 8.79. The van der Waals surface area contributed by atoms with Gasteiger partial charge in [0.25, 0.3) is 0 Å². The highest BCUT2D eigenvalue weighted by molar-refractivity contribution is 9.10. The van der Waals surface area contributed by atoms with Gasteiger partial charge in [0.15, 0.2) is 11.5 Å². The Kier molecular flexibility index (Phi) is 4.48. The van der Waals surface area contributed by atoms with Gasteiger partial charge < -0.3 is 14.8 Å². The lowest BCUT2D eigenvalue weighted by Gasteiger charge is -2.30. The van der Waals surface area contributed by atoms with E-state index in [0.717, 1.165) is 55.1 Å². The van der Waals surface area contributed by atoms with Crippen LogP contribution in [0.3, 0.4) is 0 Å². The second-order valence-corrected chi connectivity index (χ2v) is 6.07. The number of hydrogen-bond acceptors (Lipinski definition) is 4. The highest BCUT2D eigenvalue weighted by atomic mass is 79.9. The predicted octanol–water partition coefficient (Wildman–Crippen LogP) is 2.19. The van der Waals surface area contributed by atoms with Crippen molar-refractivity contribution in [3.05, 3.63) is 21.7 Å². The van der Waals surface area contributed by atoms with Crippen molar-refractivity contribution in [3.8, 4) is 11.5 Å². The fourth-order valence-corrected chi connectivity index (χ4v) is 3.47. The topological polar surface area (TPSA) is 33.7 Å². The second kappa shape index (κ2) is 6.33. The van der Waals surface area contributed by atoms with Crippen LogP contribution in [0.15, 0.2) is 10.5 Å². The third-order valence-corrected chi connectivity index (χ3v) is 4.65. The van der Waals surface area contributed by atoms with Crippen molar-refractivity contribution < 1.29 is 9.47 Å². The summed E-state index contributed by atoms with van der Waals surface area (Å²) in [4.78, 5) is 2.49. The average Bonchev–Trinajstić information content (AvgIpc) is 2.49. The molecule has 0 aliphatic carbocycles. The van der Waals surface area contributed by atoms with Gasteiger partial charge in [0.2, 0.25) is 0 Å². The number of halogens is 1. The summed E-state index contributed by atoms with van der Waals surface area (Å²) in [6, 6.07) is 2.06. The van der Waals surface area contributed by atoms with Gasteiger partial charge in [0.05, 0.1) is 0 Å². The van der Waals surface area contributed by atoms with E-state index in [0.29, 0.717) is 13.2 Å². The molecule has 0 unspecified atom stereocenters. The van der Waals surface area contributed by atoms with Crippen LogP contribution in [-0.4, -0.2) is 44.3 Å². The summed E-state index contributed by atoms with van der Waals surface area (Å²) < 4.78 is 12.7. The van der Waals surface area contributed by atoms with Crippen LogP contribution in [0.5, 0.6) is 11.5 Å². The maximum absolute atomic E-state index is 5.85. The van der Waals surface area contributed by atoms with Gasteiger partial charge in [-0.05, 0) is 18.1 Å². The van der Waals surface area contributed by atoms with Gasteiger partial charge in [-0.3, -0.25) is 4.90 Å². The Bertz CT molecular complexity index is 487. The molecule has 1 aromatic carbocycles. The zero-order chi connectivity index (χ0) is 13.9. The van der Waals surface area contributed by atoms with Crippen LogP contribution in [0, 0.1) is 0 Å². The Morgan fingerprint density at radius 1 is 1.20 bits per heavy atom. The molecular weight excluding hydrogens is 320 g/mol. The number of nitrogens with one attached hydrogen (secondary N) is 1. The van der Waals surface area contributed by atoms with E-state index >= 15 is 0 Å². The molecule has 0 atom stereocenters. The maximum atomic E-state index is 5.85. The zero-order valence-electron chi connectivity index (χ0n) is 11.9. The van der Waals surface area contributed by atoms with E-state index in [9.17, 15) is 0 Å². The number of piperazine rings is 1. The monoisotopic (exact) mass is 340 g/mol. The molecule has 1 aromatic rings. The third kappa shape index (κ3) is 2.80. The number of ether oxygens (including phenoxy) is 2. The first-order chi connectivity index (χ1) is 9.79. The van der Waals surface area contributed by atoms with Gasteiger partial charge >= 0.3 is 0 Å². The molecule has 4 nitrogen and oxygen atoms in total. The number of nitrogens with zero attached hydrogens (tertiary/aromatic N) is 1. The lowest BCUT2D eigenvalue weighted by atomic mass is 10.0.